The van der Waals surface area contributed by atoms with Gasteiger partial charge in [-0.05, 0) is 18.9 Å². The second-order valence-corrected chi connectivity index (χ2v) is 8.78. The third-order valence-electron chi connectivity index (χ3n) is 6.69. The molecule has 10 heteroatoms. The van der Waals surface area contributed by atoms with Crippen LogP contribution in [0, 0.1) is 5.92 Å². The summed E-state index contributed by atoms with van der Waals surface area (Å²) in [4.78, 5) is 30.3. The molecule has 0 saturated carbocycles. The molecule has 2 aliphatic rings. The summed E-state index contributed by atoms with van der Waals surface area (Å²) in [7, 11) is 1.72. The molecular formula is C25H30N8O2. The highest BCUT2D eigenvalue weighted by Crippen LogP contribution is 2.26. The normalized spacial score (nSPS) is 18.0. The maximum absolute atomic E-state index is 12.7. The SMILES string of the molecule is CN=C/C(=C\N)c1ccc2c(N3CCN(c4ncc(C(=O)C5CCOCC5)cn4)CC3)cnn2c1. The highest BCUT2D eigenvalue weighted by atomic mass is 16.5. The van der Waals surface area contributed by atoms with Gasteiger partial charge in [0.2, 0.25) is 5.95 Å². The van der Waals surface area contributed by atoms with Crippen molar-refractivity contribution < 1.29 is 9.53 Å². The van der Waals surface area contributed by atoms with Crippen LogP contribution < -0.4 is 15.5 Å². The fraction of sp³-hybridized carbons (Fsp3) is 0.400. The van der Waals surface area contributed by atoms with E-state index in [0.29, 0.717) is 24.7 Å². The predicted molar refractivity (Wildman–Crippen MR) is 136 cm³/mol. The first kappa shape index (κ1) is 23.0. The van der Waals surface area contributed by atoms with Gasteiger partial charge in [0.15, 0.2) is 5.78 Å². The maximum Gasteiger partial charge on any atom is 0.225 e. The van der Waals surface area contributed by atoms with E-state index in [-0.39, 0.29) is 11.7 Å². The maximum atomic E-state index is 12.7. The van der Waals surface area contributed by atoms with E-state index in [1.165, 1.54) is 0 Å². The summed E-state index contributed by atoms with van der Waals surface area (Å²) < 4.78 is 7.24. The van der Waals surface area contributed by atoms with Crippen molar-refractivity contribution in [3.63, 3.8) is 0 Å². The summed E-state index contributed by atoms with van der Waals surface area (Å²) in [5.74, 6) is 0.801. The fourth-order valence-electron chi connectivity index (χ4n) is 4.69. The number of carbonyl (C=O) groups excluding carboxylic acids is 1. The zero-order valence-electron chi connectivity index (χ0n) is 19.9. The third-order valence-corrected chi connectivity index (χ3v) is 6.69. The summed E-state index contributed by atoms with van der Waals surface area (Å²) >= 11 is 0. The first-order valence-electron chi connectivity index (χ1n) is 11.9. The van der Waals surface area contributed by atoms with E-state index < -0.39 is 0 Å². The van der Waals surface area contributed by atoms with Crippen LogP contribution in [0.2, 0.25) is 0 Å². The number of aromatic nitrogens is 4. The van der Waals surface area contributed by atoms with Crippen LogP contribution in [0.15, 0.2) is 48.1 Å². The number of allylic oxidation sites excluding steroid dienone is 1. The molecule has 35 heavy (non-hydrogen) atoms. The average Bonchev–Trinajstić information content (AvgIpc) is 3.35. The lowest BCUT2D eigenvalue weighted by Crippen LogP contribution is -2.47. The third kappa shape index (κ3) is 4.74. The van der Waals surface area contributed by atoms with Crippen molar-refractivity contribution in [1.29, 1.82) is 0 Å². The van der Waals surface area contributed by atoms with Crippen molar-refractivity contribution in [2.75, 3.05) is 56.2 Å². The van der Waals surface area contributed by atoms with Crippen molar-refractivity contribution in [1.82, 2.24) is 19.6 Å². The van der Waals surface area contributed by atoms with Gasteiger partial charge in [-0.1, -0.05) is 6.07 Å². The van der Waals surface area contributed by atoms with E-state index >= 15 is 0 Å². The van der Waals surface area contributed by atoms with E-state index in [4.69, 9.17) is 10.5 Å². The topological polar surface area (TPSA) is 114 Å². The van der Waals surface area contributed by atoms with Crippen LogP contribution in [0.25, 0.3) is 11.1 Å². The van der Waals surface area contributed by atoms with Crippen LogP contribution in [0.4, 0.5) is 11.6 Å². The molecule has 0 amide bonds. The van der Waals surface area contributed by atoms with Crippen molar-refractivity contribution >= 4 is 34.7 Å². The molecule has 0 spiro atoms. The summed E-state index contributed by atoms with van der Waals surface area (Å²) in [6.07, 6.45) is 12.0. The lowest BCUT2D eigenvalue weighted by molar-refractivity contribution is 0.0544. The number of nitrogens with two attached hydrogens (primary N) is 1. The van der Waals surface area contributed by atoms with Crippen LogP contribution >= 0.6 is 0 Å². The number of hydrogen-bond donors (Lipinski definition) is 1. The molecule has 2 N–H and O–H groups in total. The number of anilines is 2. The average molecular weight is 475 g/mol. The number of piperazine rings is 1. The Kier molecular flexibility index (Phi) is 6.71. The highest BCUT2D eigenvalue weighted by molar-refractivity contribution is 6.09. The van der Waals surface area contributed by atoms with Crippen molar-refractivity contribution in [2.45, 2.75) is 12.8 Å². The van der Waals surface area contributed by atoms with Gasteiger partial charge in [-0.2, -0.15) is 5.10 Å². The van der Waals surface area contributed by atoms with E-state index in [0.717, 1.165) is 61.4 Å². The molecule has 0 aliphatic carbocycles. The van der Waals surface area contributed by atoms with E-state index in [1.807, 2.05) is 23.0 Å². The molecule has 0 unspecified atom stereocenters. The number of aliphatic imine (C=N–C) groups is 1. The zero-order chi connectivity index (χ0) is 24.2. The molecule has 0 radical (unpaired) electrons. The molecule has 5 heterocycles. The molecular weight excluding hydrogens is 444 g/mol. The summed E-state index contributed by atoms with van der Waals surface area (Å²) in [5.41, 5.74) is 10.3. The number of hydrogen-bond acceptors (Lipinski definition) is 9. The number of pyridine rings is 1. The van der Waals surface area contributed by atoms with Gasteiger partial charge in [0, 0.05) is 94.5 Å². The van der Waals surface area contributed by atoms with Gasteiger partial charge < -0.3 is 20.3 Å². The molecule has 3 aromatic rings. The monoisotopic (exact) mass is 474 g/mol. The smallest absolute Gasteiger partial charge is 0.225 e. The van der Waals surface area contributed by atoms with E-state index in [1.54, 1.807) is 31.9 Å². The molecule has 0 atom stereocenters. The lowest BCUT2D eigenvalue weighted by atomic mass is 9.92. The van der Waals surface area contributed by atoms with Crippen LogP contribution in [0.1, 0.15) is 28.8 Å². The van der Waals surface area contributed by atoms with Gasteiger partial charge in [-0.15, -0.1) is 0 Å². The Morgan fingerprint density at radius 3 is 2.46 bits per heavy atom. The molecule has 10 nitrogen and oxygen atoms in total. The molecule has 2 saturated heterocycles. The number of ether oxygens (including phenoxy) is 1. The molecule has 5 rings (SSSR count). The second-order valence-electron chi connectivity index (χ2n) is 8.78. The van der Waals surface area contributed by atoms with Gasteiger partial charge >= 0.3 is 0 Å². The lowest BCUT2D eigenvalue weighted by Gasteiger charge is -2.35. The minimum absolute atomic E-state index is 0.0152. The number of Topliss-reactive ketones (excluding diaryl/α,β-unsaturated/α-hetero) is 1. The molecule has 2 fully saturated rings. The Balaban J connectivity index is 1.23. The van der Waals surface area contributed by atoms with Gasteiger partial charge in [0.1, 0.15) is 0 Å². The number of carbonyl (C=O) groups is 1. The molecule has 2 aliphatic heterocycles. The van der Waals surface area contributed by atoms with E-state index in [2.05, 4.69) is 35.9 Å². The second kappa shape index (κ2) is 10.2. The summed E-state index contributed by atoms with van der Waals surface area (Å²) in [5, 5.41) is 4.56. The Morgan fingerprint density at radius 2 is 1.77 bits per heavy atom. The highest BCUT2D eigenvalue weighted by Gasteiger charge is 2.25. The first-order valence-corrected chi connectivity index (χ1v) is 11.9. The Labute approximate surface area is 204 Å². The molecule has 0 bridgehead atoms. The Morgan fingerprint density at radius 1 is 1.06 bits per heavy atom. The minimum Gasteiger partial charge on any atom is -0.404 e. The number of rotatable bonds is 6. The number of ketones is 1. The van der Waals surface area contributed by atoms with Gasteiger partial charge in [0.05, 0.1) is 23.0 Å². The Hall–Kier alpha value is -3.79. The van der Waals surface area contributed by atoms with Gasteiger partial charge in [-0.3, -0.25) is 9.79 Å². The van der Waals surface area contributed by atoms with Crippen LogP contribution in [-0.4, -0.2) is 78.0 Å². The number of nitrogens with zero attached hydrogens (tertiary/aromatic N) is 7. The van der Waals surface area contributed by atoms with Crippen LogP contribution in [-0.2, 0) is 4.74 Å². The van der Waals surface area contributed by atoms with Crippen LogP contribution in [0.3, 0.4) is 0 Å². The minimum atomic E-state index is 0.0152. The largest absolute Gasteiger partial charge is 0.404 e. The molecule has 182 valence electrons. The molecule has 0 aromatic carbocycles. The van der Waals surface area contributed by atoms with Crippen molar-refractivity contribution in [2.24, 2.45) is 16.6 Å². The zero-order valence-corrected chi connectivity index (χ0v) is 19.9. The first-order chi connectivity index (χ1) is 17.2. The fourth-order valence-corrected chi connectivity index (χ4v) is 4.69. The van der Waals surface area contributed by atoms with Crippen molar-refractivity contribution in [3.05, 3.63) is 54.2 Å². The molecule has 3 aromatic heterocycles. The summed E-state index contributed by atoms with van der Waals surface area (Å²) in [6.45, 7) is 4.52. The quantitative estimate of drug-likeness (QED) is 0.427. The van der Waals surface area contributed by atoms with Crippen molar-refractivity contribution in [3.8, 4) is 0 Å². The Bertz CT molecular complexity index is 1240. The van der Waals surface area contributed by atoms with Gasteiger partial charge in [-0.25, -0.2) is 14.5 Å². The van der Waals surface area contributed by atoms with Crippen LogP contribution in [0.5, 0.6) is 0 Å². The number of fused-ring (bicyclic) bond motifs is 1. The standard InChI is InChI=1S/C25H30N8O2/c1-27-13-20(12-26)19-2-3-22-23(16-30-33(22)17-19)31-6-8-32(9-7-31)25-28-14-21(15-29-25)24(34)18-4-10-35-11-5-18/h2-3,12-18H,4-11,26H2,1H3/b20-12+,27-13?. The summed E-state index contributed by atoms with van der Waals surface area (Å²) in [6, 6.07) is 4.10. The predicted octanol–water partition coefficient (Wildman–Crippen LogP) is 2.06. The van der Waals surface area contributed by atoms with Gasteiger partial charge in [0.25, 0.3) is 0 Å². The van der Waals surface area contributed by atoms with E-state index in [9.17, 15) is 4.79 Å².